The summed E-state index contributed by atoms with van der Waals surface area (Å²) in [4.78, 5) is 0. The maximum absolute atomic E-state index is 12.7. The molecule has 1 aromatic carbocycles. The highest BCUT2D eigenvalue weighted by atomic mass is 35.5. The number of H-pyrrole nitrogens is 1. The molecular formula is C17H21ClN4O3S. The highest BCUT2D eigenvalue weighted by Crippen LogP contribution is 2.30. The van der Waals surface area contributed by atoms with Gasteiger partial charge in [-0.3, -0.25) is 5.10 Å². The van der Waals surface area contributed by atoms with Gasteiger partial charge in [-0.25, -0.2) is 13.1 Å². The van der Waals surface area contributed by atoms with Crippen LogP contribution in [-0.2, 0) is 14.8 Å². The zero-order valence-electron chi connectivity index (χ0n) is 14.5. The summed E-state index contributed by atoms with van der Waals surface area (Å²) >= 11 is 6.19. The summed E-state index contributed by atoms with van der Waals surface area (Å²) in [7, 11) is -2.10. The van der Waals surface area contributed by atoms with Crippen LogP contribution in [0.15, 0.2) is 42.0 Å². The van der Waals surface area contributed by atoms with Gasteiger partial charge >= 0.3 is 0 Å². The number of alkyl halides is 1. The molecule has 140 valence electrons. The fourth-order valence-corrected chi connectivity index (χ4v) is 4.00. The van der Waals surface area contributed by atoms with Crippen molar-refractivity contribution in [3.63, 3.8) is 0 Å². The van der Waals surface area contributed by atoms with Crippen molar-refractivity contribution < 1.29 is 13.2 Å². The Morgan fingerprint density at radius 3 is 2.92 bits per heavy atom. The molecule has 3 rings (SSSR count). The molecule has 0 saturated carbocycles. The van der Waals surface area contributed by atoms with Crippen LogP contribution in [0.3, 0.4) is 0 Å². The molecule has 2 unspecified atom stereocenters. The SMILES string of the molecule is COC1(Cl)C=CC(CNS(=O)(=O)C(C)c2n[nH]c3c(N)cccc23)=CC1. The molecule has 26 heavy (non-hydrogen) atoms. The van der Waals surface area contributed by atoms with Crippen LogP contribution in [0, 0.1) is 0 Å². The van der Waals surface area contributed by atoms with Gasteiger partial charge in [-0.05, 0) is 24.6 Å². The number of nitrogen functional groups attached to an aromatic ring is 1. The number of sulfonamides is 1. The van der Waals surface area contributed by atoms with Crippen molar-refractivity contribution in [3.05, 3.63) is 47.7 Å². The number of halogens is 1. The normalized spacial score (nSPS) is 21.7. The number of methoxy groups -OCH3 is 1. The van der Waals surface area contributed by atoms with E-state index >= 15 is 0 Å². The Morgan fingerprint density at radius 1 is 1.50 bits per heavy atom. The molecule has 1 aromatic heterocycles. The second kappa shape index (κ2) is 7.03. The molecule has 0 spiro atoms. The number of aromatic amines is 1. The standard InChI is InChI=1S/C17H21ClN4O3S/c1-11(15-13-4-3-5-14(19)16(13)22-21-15)26(23,24)20-10-12-6-8-17(18,25-2)9-7-12/h3-8,11,20H,9-10,19H2,1-2H3,(H,21,22). The van der Waals surface area contributed by atoms with Crippen molar-refractivity contribution in [1.29, 1.82) is 0 Å². The van der Waals surface area contributed by atoms with Gasteiger partial charge in [-0.1, -0.05) is 35.9 Å². The summed E-state index contributed by atoms with van der Waals surface area (Å²) in [5.41, 5.74) is 8.32. The molecule has 1 aliphatic rings. The minimum atomic E-state index is -3.63. The van der Waals surface area contributed by atoms with Gasteiger partial charge < -0.3 is 10.5 Å². The van der Waals surface area contributed by atoms with Crippen molar-refractivity contribution in [2.24, 2.45) is 0 Å². The molecule has 0 saturated heterocycles. The Labute approximate surface area is 157 Å². The lowest BCUT2D eigenvalue weighted by atomic mass is 10.0. The molecule has 0 radical (unpaired) electrons. The summed E-state index contributed by atoms with van der Waals surface area (Å²) in [5.74, 6) is 0. The van der Waals surface area contributed by atoms with E-state index in [1.165, 1.54) is 7.11 Å². The van der Waals surface area contributed by atoms with Gasteiger partial charge in [0.15, 0.2) is 5.06 Å². The van der Waals surface area contributed by atoms with E-state index in [1.807, 2.05) is 6.08 Å². The second-order valence-electron chi connectivity index (χ2n) is 6.19. The van der Waals surface area contributed by atoms with E-state index in [9.17, 15) is 8.42 Å². The van der Waals surface area contributed by atoms with Crippen molar-refractivity contribution in [3.8, 4) is 0 Å². The fraction of sp³-hybridized carbons (Fsp3) is 0.353. The molecule has 0 amide bonds. The molecule has 0 bridgehead atoms. The first-order valence-corrected chi connectivity index (χ1v) is 10.0. The molecule has 1 aliphatic carbocycles. The Kier molecular flexibility index (Phi) is 5.12. The molecule has 7 nitrogen and oxygen atoms in total. The lowest BCUT2D eigenvalue weighted by molar-refractivity contribution is 0.106. The lowest BCUT2D eigenvalue weighted by Crippen LogP contribution is -2.31. The number of nitrogens with one attached hydrogen (secondary N) is 2. The number of hydrogen-bond donors (Lipinski definition) is 3. The van der Waals surface area contributed by atoms with E-state index in [1.54, 1.807) is 37.3 Å². The minimum absolute atomic E-state index is 0.171. The zero-order valence-corrected chi connectivity index (χ0v) is 16.1. The van der Waals surface area contributed by atoms with Crippen LogP contribution in [0.5, 0.6) is 0 Å². The number of nitrogens with two attached hydrogens (primary N) is 1. The summed E-state index contributed by atoms with van der Waals surface area (Å²) in [6.45, 7) is 1.77. The number of hydrogen-bond acceptors (Lipinski definition) is 5. The zero-order chi connectivity index (χ0) is 18.9. The van der Waals surface area contributed by atoms with Gasteiger partial charge in [0, 0.05) is 25.5 Å². The maximum atomic E-state index is 12.7. The van der Waals surface area contributed by atoms with Crippen LogP contribution in [-0.4, -0.2) is 37.3 Å². The summed E-state index contributed by atoms with van der Waals surface area (Å²) in [5, 5.41) is 5.98. The third kappa shape index (κ3) is 3.64. The first-order chi connectivity index (χ1) is 12.3. The first-order valence-electron chi connectivity index (χ1n) is 8.09. The molecule has 2 atom stereocenters. The van der Waals surface area contributed by atoms with Crippen molar-refractivity contribution >= 4 is 38.2 Å². The predicted octanol–water partition coefficient (Wildman–Crippen LogP) is 2.59. The summed E-state index contributed by atoms with van der Waals surface area (Å²) in [6, 6.07) is 5.31. The maximum Gasteiger partial charge on any atom is 0.220 e. The largest absolute Gasteiger partial charge is 0.397 e. The summed E-state index contributed by atoms with van der Waals surface area (Å²) < 4.78 is 33.2. The Bertz CT molecular complexity index is 983. The molecule has 4 N–H and O–H groups in total. The monoisotopic (exact) mass is 396 g/mol. The van der Waals surface area contributed by atoms with Gasteiger partial charge in [-0.15, -0.1) is 0 Å². The van der Waals surface area contributed by atoms with Crippen LogP contribution in [0.4, 0.5) is 5.69 Å². The smallest absolute Gasteiger partial charge is 0.220 e. The summed E-state index contributed by atoms with van der Waals surface area (Å²) in [6.07, 6.45) is 5.80. The predicted molar refractivity (Wildman–Crippen MR) is 103 cm³/mol. The number of anilines is 1. The Morgan fingerprint density at radius 2 is 2.27 bits per heavy atom. The lowest BCUT2D eigenvalue weighted by Gasteiger charge is -2.24. The van der Waals surface area contributed by atoms with Crippen LogP contribution < -0.4 is 10.5 Å². The van der Waals surface area contributed by atoms with Crippen LogP contribution in [0.1, 0.15) is 24.3 Å². The minimum Gasteiger partial charge on any atom is -0.397 e. The van der Waals surface area contributed by atoms with Crippen molar-refractivity contribution in [2.75, 3.05) is 19.4 Å². The van der Waals surface area contributed by atoms with Gasteiger partial charge in [0.2, 0.25) is 10.0 Å². The van der Waals surface area contributed by atoms with E-state index in [-0.39, 0.29) is 6.54 Å². The average molecular weight is 397 g/mol. The number of para-hydroxylation sites is 1. The first kappa shape index (κ1) is 18.9. The van der Waals surface area contributed by atoms with E-state index in [0.29, 0.717) is 28.7 Å². The van der Waals surface area contributed by atoms with Gasteiger partial charge in [0.25, 0.3) is 0 Å². The topological polar surface area (TPSA) is 110 Å². The number of benzene rings is 1. The molecule has 0 fully saturated rings. The average Bonchev–Trinajstić information content (AvgIpc) is 3.06. The number of nitrogens with zero attached hydrogens (tertiary/aromatic N) is 1. The fourth-order valence-electron chi connectivity index (χ4n) is 2.77. The molecule has 9 heteroatoms. The van der Waals surface area contributed by atoms with E-state index in [4.69, 9.17) is 22.1 Å². The van der Waals surface area contributed by atoms with Gasteiger partial charge in [-0.2, -0.15) is 5.10 Å². The van der Waals surface area contributed by atoms with Gasteiger partial charge in [0.05, 0.1) is 16.9 Å². The Balaban J connectivity index is 1.74. The quantitative estimate of drug-likeness (QED) is 0.513. The molecule has 1 heterocycles. The van der Waals surface area contributed by atoms with E-state index in [2.05, 4.69) is 14.9 Å². The number of ether oxygens (including phenoxy) is 1. The number of rotatable bonds is 6. The third-order valence-corrected chi connectivity index (χ3v) is 6.65. The van der Waals surface area contributed by atoms with Crippen LogP contribution in [0.2, 0.25) is 0 Å². The van der Waals surface area contributed by atoms with E-state index < -0.39 is 20.3 Å². The Hall–Kier alpha value is -1.87. The van der Waals surface area contributed by atoms with Crippen LogP contribution in [0.25, 0.3) is 10.9 Å². The molecular weight excluding hydrogens is 376 g/mol. The molecule has 2 aromatic rings. The van der Waals surface area contributed by atoms with Crippen LogP contribution >= 0.6 is 11.6 Å². The third-order valence-electron chi connectivity index (χ3n) is 4.52. The van der Waals surface area contributed by atoms with Gasteiger partial charge in [0.1, 0.15) is 5.25 Å². The number of fused-ring (bicyclic) bond motifs is 1. The van der Waals surface area contributed by atoms with E-state index in [0.717, 1.165) is 5.57 Å². The molecule has 0 aliphatic heterocycles. The van der Waals surface area contributed by atoms with Crippen molar-refractivity contribution in [2.45, 2.75) is 23.7 Å². The number of aromatic nitrogens is 2. The highest BCUT2D eigenvalue weighted by molar-refractivity contribution is 7.89. The highest BCUT2D eigenvalue weighted by Gasteiger charge is 2.28. The second-order valence-corrected chi connectivity index (χ2v) is 8.92. The van der Waals surface area contributed by atoms with Crippen molar-refractivity contribution in [1.82, 2.24) is 14.9 Å².